The van der Waals surface area contributed by atoms with Gasteiger partial charge in [0.15, 0.2) is 6.17 Å². The molecule has 10 heteroatoms. The van der Waals surface area contributed by atoms with E-state index in [9.17, 15) is 43.9 Å². The number of halogens is 10. The van der Waals surface area contributed by atoms with Crippen molar-refractivity contribution >= 4 is 0 Å². The van der Waals surface area contributed by atoms with Gasteiger partial charge in [-0.15, -0.1) is 0 Å². The smallest absolute Gasteiger partial charge is 0.241 e. The molecular formula is C10H10F10. The number of unbranched alkanes of at least 4 members (excludes halogenated alkanes) is 1. The Hall–Kier alpha value is -0.960. The molecule has 0 aliphatic carbocycles. The summed E-state index contributed by atoms with van der Waals surface area (Å²) < 4.78 is 126. The quantitative estimate of drug-likeness (QED) is 0.544. The van der Waals surface area contributed by atoms with Crippen LogP contribution in [-0.2, 0) is 0 Å². The lowest BCUT2D eigenvalue weighted by molar-refractivity contribution is -0.318. The van der Waals surface area contributed by atoms with E-state index in [1.54, 1.807) is 0 Å². The molecular weight excluding hydrogens is 310 g/mol. The summed E-state index contributed by atoms with van der Waals surface area (Å²) in [6.45, 7) is 1.39. The first-order valence-corrected chi connectivity index (χ1v) is 5.32. The molecule has 120 valence electrons. The van der Waals surface area contributed by atoms with Crippen LogP contribution in [0.5, 0.6) is 0 Å². The van der Waals surface area contributed by atoms with Gasteiger partial charge < -0.3 is 0 Å². The van der Waals surface area contributed by atoms with E-state index in [1.807, 2.05) is 0 Å². The van der Waals surface area contributed by atoms with Crippen LogP contribution in [0.3, 0.4) is 0 Å². The highest BCUT2D eigenvalue weighted by atomic mass is 19.4. The SMILES string of the molecule is CCCCC(F)C(F)(F)C(F)(F)C(F)(F)C(F)=C(F)F. The molecule has 0 saturated heterocycles. The first-order valence-electron chi connectivity index (χ1n) is 5.32. The highest BCUT2D eigenvalue weighted by molar-refractivity contribution is 5.15. The third-order valence-electron chi connectivity index (χ3n) is 2.46. The van der Waals surface area contributed by atoms with Gasteiger partial charge in [0.25, 0.3) is 0 Å². The molecule has 1 atom stereocenters. The molecule has 0 amide bonds. The lowest BCUT2D eigenvalue weighted by atomic mass is 9.96. The third-order valence-corrected chi connectivity index (χ3v) is 2.46. The molecule has 0 saturated carbocycles. The molecule has 20 heavy (non-hydrogen) atoms. The van der Waals surface area contributed by atoms with Gasteiger partial charge in [-0.05, 0) is 6.42 Å². The monoisotopic (exact) mass is 320 g/mol. The van der Waals surface area contributed by atoms with E-state index in [0.717, 1.165) is 0 Å². The number of allylic oxidation sites excluding steroid dienone is 1. The van der Waals surface area contributed by atoms with Gasteiger partial charge in [0, 0.05) is 0 Å². The molecule has 0 aromatic rings. The molecule has 0 N–H and O–H groups in total. The predicted octanol–water partition coefficient (Wildman–Crippen LogP) is 5.50. The molecule has 0 heterocycles. The number of alkyl halides is 7. The van der Waals surface area contributed by atoms with E-state index < -0.39 is 42.3 Å². The van der Waals surface area contributed by atoms with E-state index in [4.69, 9.17) is 0 Å². The zero-order valence-electron chi connectivity index (χ0n) is 9.98. The summed E-state index contributed by atoms with van der Waals surface area (Å²) in [6, 6.07) is 0. The van der Waals surface area contributed by atoms with Crippen molar-refractivity contribution in [3.63, 3.8) is 0 Å². The summed E-state index contributed by atoms with van der Waals surface area (Å²) in [5.41, 5.74) is 0. The summed E-state index contributed by atoms with van der Waals surface area (Å²) in [7, 11) is 0. The molecule has 0 aromatic carbocycles. The van der Waals surface area contributed by atoms with Crippen molar-refractivity contribution in [1.29, 1.82) is 0 Å². The fourth-order valence-electron chi connectivity index (χ4n) is 1.23. The van der Waals surface area contributed by atoms with Crippen LogP contribution in [0.15, 0.2) is 11.9 Å². The normalized spacial score (nSPS) is 15.2. The summed E-state index contributed by atoms with van der Waals surface area (Å²) in [6.07, 6.45) is -9.02. The van der Waals surface area contributed by atoms with E-state index in [2.05, 4.69) is 0 Å². The molecule has 0 aliphatic rings. The van der Waals surface area contributed by atoms with Crippen molar-refractivity contribution in [1.82, 2.24) is 0 Å². The van der Waals surface area contributed by atoms with Gasteiger partial charge >= 0.3 is 23.8 Å². The van der Waals surface area contributed by atoms with Crippen molar-refractivity contribution < 1.29 is 43.9 Å². The Labute approximate surface area is 107 Å². The average molecular weight is 320 g/mol. The highest BCUT2D eigenvalue weighted by Crippen LogP contribution is 2.52. The summed E-state index contributed by atoms with van der Waals surface area (Å²) >= 11 is 0. The van der Waals surface area contributed by atoms with Crippen LogP contribution < -0.4 is 0 Å². The average Bonchev–Trinajstić information content (AvgIpc) is 2.33. The fraction of sp³-hybridized carbons (Fsp3) is 0.800. The Morgan fingerprint density at radius 2 is 1.40 bits per heavy atom. The molecule has 0 aromatic heterocycles. The Morgan fingerprint density at radius 1 is 0.950 bits per heavy atom. The molecule has 0 bridgehead atoms. The van der Waals surface area contributed by atoms with Gasteiger partial charge in [-0.3, -0.25) is 0 Å². The van der Waals surface area contributed by atoms with Crippen LogP contribution in [0.1, 0.15) is 26.2 Å². The minimum Gasteiger partial charge on any atom is -0.241 e. The topological polar surface area (TPSA) is 0 Å². The standard InChI is InChI=1S/C10H10F10/c1-2-3-4-5(11)8(15,16)10(19,20)9(17,18)6(12)7(13)14/h5H,2-4H2,1H3. The molecule has 0 nitrogen and oxygen atoms in total. The Kier molecular flexibility index (Phi) is 5.91. The molecule has 0 radical (unpaired) electrons. The maximum atomic E-state index is 13.0. The van der Waals surface area contributed by atoms with Gasteiger partial charge in [0.1, 0.15) is 0 Å². The first kappa shape index (κ1) is 19.0. The van der Waals surface area contributed by atoms with Crippen LogP contribution >= 0.6 is 0 Å². The molecule has 0 aliphatic heterocycles. The maximum absolute atomic E-state index is 13.0. The van der Waals surface area contributed by atoms with E-state index in [0.29, 0.717) is 0 Å². The number of hydrogen-bond donors (Lipinski definition) is 0. The van der Waals surface area contributed by atoms with Gasteiger partial charge in [-0.25, -0.2) is 4.39 Å². The van der Waals surface area contributed by atoms with Crippen LogP contribution in [0.4, 0.5) is 43.9 Å². The minimum absolute atomic E-state index is 0.103. The Balaban J connectivity index is 5.54. The fourth-order valence-corrected chi connectivity index (χ4v) is 1.23. The second-order valence-corrected chi connectivity index (χ2v) is 3.96. The van der Waals surface area contributed by atoms with Crippen molar-refractivity contribution in [2.45, 2.75) is 50.1 Å². The number of rotatable bonds is 7. The van der Waals surface area contributed by atoms with Crippen LogP contribution in [-0.4, -0.2) is 23.9 Å². The molecule has 0 rings (SSSR count). The summed E-state index contributed by atoms with van der Waals surface area (Å²) in [5.74, 6) is -23.2. The molecule has 0 spiro atoms. The third kappa shape index (κ3) is 3.20. The van der Waals surface area contributed by atoms with Gasteiger partial charge in [0.05, 0.1) is 0 Å². The van der Waals surface area contributed by atoms with E-state index >= 15 is 0 Å². The second kappa shape index (κ2) is 6.21. The predicted molar refractivity (Wildman–Crippen MR) is 49.6 cm³/mol. The van der Waals surface area contributed by atoms with Crippen LogP contribution in [0.2, 0.25) is 0 Å². The van der Waals surface area contributed by atoms with Crippen LogP contribution in [0.25, 0.3) is 0 Å². The van der Waals surface area contributed by atoms with Gasteiger partial charge in [-0.2, -0.15) is 39.5 Å². The molecule has 0 fully saturated rings. The lowest BCUT2D eigenvalue weighted by Gasteiger charge is -2.33. The van der Waals surface area contributed by atoms with E-state index in [1.165, 1.54) is 6.92 Å². The van der Waals surface area contributed by atoms with E-state index in [-0.39, 0.29) is 12.8 Å². The largest absolute Gasteiger partial charge is 0.381 e. The maximum Gasteiger partial charge on any atom is 0.381 e. The Morgan fingerprint density at radius 3 is 1.75 bits per heavy atom. The second-order valence-electron chi connectivity index (χ2n) is 3.96. The molecule has 1 unspecified atom stereocenters. The zero-order valence-corrected chi connectivity index (χ0v) is 9.98. The minimum atomic E-state index is -6.64. The number of hydrogen-bond acceptors (Lipinski definition) is 0. The zero-order chi connectivity index (χ0) is 16.4. The summed E-state index contributed by atoms with van der Waals surface area (Å²) in [4.78, 5) is 0. The summed E-state index contributed by atoms with van der Waals surface area (Å²) in [5, 5.41) is 0. The van der Waals surface area contributed by atoms with Gasteiger partial charge in [-0.1, -0.05) is 19.8 Å². The lowest BCUT2D eigenvalue weighted by Crippen LogP contribution is -2.58. The van der Waals surface area contributed by atoms with Crippen molar-refractivity contribution in [3.8, 4) is 0 Å². The van der Waals surface area contributed by atoms with Crippen molar-refractivity contribution in [2.24, 2.45) is 0 Å². The van der Waals surface area contributed by atoms with Crippen LogP contribution in [0, 0.1) is 0 Å². The van der Waals surface area contributed by atoms with Gasteiger partial charge in [0.2, 0.25) is 5.83 Å². The highest BCUT2D eigenvalue weighted by Gasteiger charge is 2.76. The first-order chi connectivity index (χ1) is 8.84. The Bertz CT molecular complexity index is 355. The van der Waals surface area contributed by atoms with Crippen molar-refractivity contribution in [2.75, 3.05) is 0 Å². The van der Waals surface area contributed by atoms with Crippen molar-refractivity contribution in [3.05, 3.63) is 11.9 Å².